The number of rotatable bonds is 6. The van der Waals surface area contributed by atoms with Gasteiger partial charge in [0, 0.05) is 18.3 Å². The van der Waals surface area contributed by atoms with Gasteiger partial charge < -0.3 is 9.73 Å². The second-order valence-corrected chi connectivity index (χ2v) is 4.80. The van der Waals surface area contributed by atoms with Crippen molar-refractivity contribution in [1.82, 2.24) is 10.3 Å². The average Bonchev–Trinajstić information content (AvgIpc) is 2.97. The molecule has 0 aliphatic carbocycles. The van der Waals surface area contributed by atoms with Crippen LogP contribution in [0.5, 0.6) is 0 Å². The monoisotopic (exact) mass is 250 g/mol. The van der Waals surface area contributed by atoms with E-state index in [4.69, 9.17) is 4.42 Å². The number of thiazole rings is 1. The lowest BCUT2D eigenvalue weighted by molar-refractivity contribution is 0.528. The van der Waals surface area contributed by atoms with Gasteiger partial charge in [-0.3, -0.25) is 0 Å². The van der Waals surface area contributed by atoms with Gasteiger partial charge in [0.15, 0.2) is 10.8 Å². The summed E-state index contributed by atoms with van der Waals surface area (Å²) in [6.07, 6.45) is 2.07. The Bertz CT molecular complexity index is 461. The first kappa shape index (κ1) is 12.3. The third-order valence-electron chi connectivity index (χ3n) is 2.51. The molecule has 2 rings (SSSR count). The van der Waals surface area contributed by atoms with E-state index in [-0.39, 0.29) is 0 Å². The summed E-state index contributed by atoms with van der Waals surface area (Å²) in [7, 11) is 0. The van der Waals surface area contributed by atoms with E-state index in [1.807, 2.05) is 12.1 Å². The predicted molar refractivity (Wildman–Crippen MR) is 71.2 cm³/mol. The van der Waals surface area contributed by atoms with E-state index in [0.29, 0.717) is 0 Å². The Morgan fingerprint density at radius 3 is 2.94 bits per heavy atom. The molecule has 3 nitrogen and oxygen atoms in total. The minimum absolute atomic E-state index is 0.839. The lowest BCUT2D eigenvalue weighted by Gasteiger charge is -1.97. The molecule has 0 unspecified atom stereocenters. The molecule has 0 amide bonds. The van der Waals surface area contributed by atoms with E-state index in [2.05, 4.69) is 29.5 Å². The van der Waals surface area contributed by atoms with Crippen LogP contribution in [-0.4, -0.2) is 11.5 Å². The van der Waals surface area contributed by atoms with Crippen LogP contribution in [0.2, 0.25) is 0 Å². The first-order chi connectivity index (χ1) is 8.33. The number of nitrogens with zero attached hydrogens (tertiary/aromatic N) is 1. The summed E-state index contributed by atoms with van der Waals surface area (Å²) in [5.41, 5.74) is 1.09. The van der Waals surface area contributed by atoms with Crippen LogP contribution >= 0.6 is 11.3 Å². The highest BCUT2D eigenvalue weighted by Crippen LogP contribution is 2.25. The van der Waals surface area contributed by atoms with E-state index in [9.17, 15) is 0 Å². The molecular weight excluding hydrogens is 232 g/mol. The number of furan rings is 1. The van der Waals surface area contributed by atoms with Crippen molar-refractivity contribution in [1.29, 1.82) is 0 Å². The molecule has 0 aliphatic rings. The summed E-state index contributed by atoms with van der Waals surface area (Å²) in [6.45, 7) is 6.12. The Morgan fingerprint density at radius 2 is 2.24 bits per heavy atom. The molecule has 17 heavy (non-hydrogen) atoms. The molecule has 0 fully saturated rings. The summed E-state index contributed by atoms with van der Waals surface area (Å²) in [6, 6.07) is 4.02. The van der Waals surface area contributed by atoms with Crippen molar-refractivity contribution in [2.75, 3.05) is 6.54 Å². The van der Waals surface area contributed by atoms with Crippen LogP contribution in [0.25, 0.3) is 10.8 Å². The highest BCUT2D eigenvalue weighted by Gasteiger charge is 2.08. The van der Waals surface area contributed by atoms with Crippen LogP contribution in [0, 0.1) is 0 Å². The predicted octanol–water partition coefficient (Wildman–Crippen LogP) is 3.47. The molecule has 2 heterocycles. The Kier molecular flexibility index (Phi) is 4.34. The minimum atomic E-state index is 0.839. The number of aromatic nitrogens is 1. The summed E-state index contributed by atoms with van der Waals surface area (Å²) < 4.78 is 5.69. The van der Waals surface area contributed by atoms with Gasteiger partial charge in [-0.25, -0.2) is 4.98 Å². The van der Waals surface area contributed by atoms with E-state index in [0.717, 1.165) is 48.2 Å². The molecule has 4 heteroatoms. The number of hydrogen-bond donors (Lipinski definition) is 1. The molecule has 2 aromatic rings. The third-order valence-corrected chi connectivity index (χ3v) is 3.41. The van der Waals surface area contributed by atoms with Crippen molar-refractivity contribution in [3.8, 4) is 10.8 Å². The second-order valence-electron chi connectivity index (χ2n) is 3.94. The fourth-order valence-electron chi connectivity index (χ4n) is 1.58. The van der Waals surface area contributed by atoms with Gasteiger partial charge in [-0.15, -0.1) is 11.3 Å². The molecule has 0 bridgehead atoms. The van der Waals surface area contributed by atoms with Crippen LogP contribution in [0.3, 0.4) is 0 Å². The van der Waals surface area contributed by atoms with E-state index in [1.54, 1.807) is 11.3 Å². The first-order valence-corrected chi connectivity index (χ1v) is 6.95. The number of hydrogen-bond acceptors (Lipinski definition) is 4. The van der Waals surface area contributed by atoms with Gasteiger partial charge in [-0.1, -0.05) is 13.8 Å². The topological polar surface area (TPSA) is 38.1 Å². The Morgan fingerprint density at radius 1 is 1.35 bits per heavy atom. The zero-order chi connectivity index (χ0) is 12.1. The molecule has 2 aromatic heterocycles. The largest absolute Gasteiger partial charge is 0.459 e. The fraction of sp³-hybridized carbons (Fsp3) is 0.462. The lowest BCUT2D eigenvalue weighted by Crippen LogP contribution is -2.13. The number of aryl methyl sites for hydroxylation is 1. The second kappa shape index (κ2) is 5.98. The summed E-state index contributed by atoms with van der Waals surface area (Å²) in [5, 5.41) is 6.41. The molecule has 0 aromatic carbocycles. The van der Waals surface area contributed by atoms with Crippen LogP contribution in [0.15, 0.2) is 21.9 Å². The van der Waals surface area contributed by atoms with E-state index >= 15 is 0 Å². The first-order valence-electron chi connectivity index (χ1n) is 6.07. The van der Waals surface area contributed by atoms with Crippen molar-refractivity contribution in [3.63, 3.8) is 0 Å². The maximum atomic E-state index is 5.69. The summed E-state index contributed by atoms with van der Waals surface area (Å²) in [4.78, 5) is 4.56. The van der Waals surface area contributed by atoms with Gasteiger partial charge >= 0.3 is 0 Å². The summed E-state index contributed by atoms with van der Waals surface area (Å²) >= 11 is 1.64. The smallest absolute Gasteiger partial charge is 0.162 e. The molecule has 0 atom stereocenters. The van der Waals surface area contributed by atoms with Crippen molar-refractivity contribution in [2.24, 2.45) is 0 Å². The Labute approximate surface area is 106 Å². The van der Waals surface area contributed by atoms with Crippen LogP contribution in [0.4, 0.5) is 0 Å². The van der Waals surface area contributed by atoms with Crippen LogP contribution in [-0.2, 0) is 13.0 Å². The SMILES string of the molecule is CCCNCc1csc(-c2ccc(CC)o2)n1. The Hall–Kier alpha value is -1.13. The van der Waals surface area contributed by atoms with Gasteiger partial charge in [-0.2, -0.15) is 0 Å². The Balaban J connectivity index is 2.02. The maximum Gasteiger partial charge on any atom is 0.162 e. The molecule has 0 radical (unpaired) electrons. The highest BCUT2D eigenvalue weighted by molar-refractivity contribution is 7.13. The van der Waals surface area contributed by atoms with Crippen molar-refractivity contribution in [2.45, 2.75) is 33.2 Å². The van der Waals surface area contributed by atoms with Crippen LogP contribution in [0.1, 0.15) is 31.7 Å². The molecule has 92 valence electrons. The third kappa shape index (κ3) is 3.17. The summed E-state index contributed by atoms with van der Waals surface area (Å²) in [5.74, 6) is 1.90. The highest BCUT2D eigenvalue weighted by atomic mass is 32.1. The molecule has 0 aliphatic heterocycles. The van der Waals surface area contributed by atoms with Crippen molar-refractivity contribution >= 4 is 11.3 Å². The number of nitrogens with one attached hydrogen (secondary N) is 1. The zero-order valence-corrected chi connectivity index (χ0v) is 11.1. The molecule has 0 saturated carbocycles. The van der Waals surface area contributed by atoms with Crippen LogP contribution < -0.4 is 5.32 Å². The minimum Gasteiger partial charge on any atom is -0.459 e. The zero-order valence-electron chi connectivity index (χ0n) is 10.3. The molecule has 0 spiro atoms. The lowest BCUT2D eigenvalue weighted by atomic mass is 10.3. The quantitative estimate of drug-likeness (QED) is 0.798. The molecular formula is C13H18N2OS. The van der Waals surface area contributed by atoms with Gasteiger partial charge in [0.05, 0.1) is 5.69 Å². The average molecular weight is 250 g/mol. The van der Waals surface area contributed by atoms with E-state index in [1.165, 1.54) is 0 Å². The normalized spacial score (nSPS) is 10.9. The van der Waals surface area contributed by atoms with Gasteiger partial charge in [-0.05, 0) is 25.1 Å². The molecule has 1 N–H and O–H groups in total. The van der Waals surface area contributed by atoms with Gasteiger partial charge in [0.2, 0.25) is 0 Å². The van der Waals surface area contributed by atoms with E-state index < -0.39 is 0 Å². The molecule has 0 saturated heterocycles. The maximum absolute atomic E-state index is 5.69. The van der Waals surface area contributed by atoms with Gasteiger partial charge in [0.1, 0.15) is 5.76 Å². The van der Waals surface area contributed by atoms with Crippen molar-refractivity contribution < 1.29 is 4.42 Å². The standard InChI is InChI=1S/C13H18N2OS/c1-3-7-14-8-10-9-17-13(15-10)12-6-5-11(4-2)16-12/h5-6,9,14H,3-4,7-8H2,1-2H3. The van der Waals surface area contributed by atoms with Gasteiger partial charge in [0.25, 0.3) is 0 Å². The fourth-order valence-corrected chi connectivity index (χ4v) is 2.36. The van der Waals surface area contributed by atoms with Crippen molar-refractivity contribution in [3.05, 3.63) is 29.0 Å².